The fourth-order valence-electron chi connectivity index (χ4n) is 1.43. The van der Waals surface area contributed by atoms with Gasteiger partial charge in [-0.2, -0.15) is 0 Å². The molecule has 76 valence electrons. The first-order chi connectivity index (χ1) is 6.72. The van der Waals surface area contributed by atoms with Crippen molar-refractivity contribution in [1.29, 1.82) is 0 Å². The van der Waals surface area contributed by atoms with Crippen LogP contribution in [0.1, 0.15) is 18.4 Å². The predicted octanol–water partition coefficient (Wildman–Crippen LogP) is 1.83. The van der Waals surface area contributed by atoms with Crippen LogP contribution in [0.4, 0.5) is 5.82 Å². The predicted molar refractivity (Wildman–Crippen MR) is 56.6 cm³/mol. The van der Waals surface area contributed by atoms with E-state index < -0.39 is 0 Å². The zero-order valence-corrected chi connectivity index (χ0v) is 8.83. The smallest absolute Gasteiger partial charge is 0.128 e. The van der Waals surface area contributed by atoms with Gasteiger partial charge in [-0.3, -0.25) is 0 Å². The molecule has 0 atom stereocenters. The highest BCUT2D eigenvalue weighted by Crippen LogP contribution is 2.30. The van der Waals surface area contributed by atoms with Crippen molar-refractivity contribution in [2.75, 3.05) is 11.9 Å². The zero-order valence-electron chi connectivity index (χ0n) is 8.07. The van der Waals surface area contributed by atoms with Gasteiger partial charge in [0.15, 0.2) is 0 Å². The minimum atomic E-state index is -0.0349. The highest BCUT2D eigenvalue weighted by atomic mass is 35.5. The number of aliphatic hydroxyl groups is 1. The van der Waals surface area contributed by atoms with Crippen molar-refractivity contribution in [2.45, 2.75) is 25.5 Å². The average molecular weight is 213 g/mol. The molecular formula is C10H13ClN2O. The van der Waals surface area contributed by atoms with Gasteiger partial charge in [-0.1, -0.05) is 11.6 Å². The van der Waals surface area contributed by atoms with Crippen LogP contribution >= 0.6 is 11.6 Å². The quantitative estimate of drug-likeness (QED) is 0.831. The summed E-state index contributed by atoms with van der Waals surface area (Å²) in [7, 11) is 2.02. The summed E-state index contributed by atoms with van der Waals surface area (Å²) >= 11 is 5.86. The van der Waals surface area contributed by atoms with Crippen molar-refractivity contribution in [3.63, 3.8) is 0 Å². The van der Waals surface area contributed by atoms with Crippen molar-refractivity contribution in [3.05, 3.63) is 22.8 Å². The summed E-state index contributed by atoms with van der Waals surface area (Å²) in [5.74, 6) is 0.890. The third kappa shape index (κ3) is 1.83. The Balaban J connectivity index is 2.25. The van der Waals surface area contributed by atoms with Gasteiger partial charge in [0.05, 0.1) is 11.6 Å². The molecule has 1 heterocycles. The molecule has 2 rings (SSSR count). The lowest BCUT2D eigenvalue weighted by Crippen LogP contribution is -2.20. The van der Waals surface area contributed by atoms with Gasteiger partial charge in [0.2, 0.25) is 0 Å². The van der Waals surface area contributed by atoms with E-state index in [-0.39, 0.29) is 6.61 Å². The maximum Gasteiger partial charge on any atom is 0.128 e. The number of hydrogen-bond acceptors (Lipinski definition) is 3. The molecule has 14 heavy (non-hydrogen) atoms. The van der Waals surface area contributed by atoms with E-state index >= 15 is 0 Å². The molecule has 0 spiro atoms. The maximum atomic E-state index is 9.05. The van der Waals surface area contributed by atoms with E-state index in [1.54, 1.807) is 6.20 Å². The monoisotopic (exact) mass is 212 g/mol. The first kappa shape index (κ1) is 9.74. The van der Waals surface area contributed by atoms with Gasteiger partial charge in [-0.05, 0) is 18.9 Å². The fourth-order valence-corrected chi connectivity index (χ4v) is 1.59. The molecule has 1 aliphatic rings. The largest absolute Gasteiger partial charge is 0.392 e. The highest BCUT2D eigenvalue weighted by Gasteiger charge is 2.27. The SMILES string of the molecule is CN(c1cc(CO)c(Cl)cn1)C1CC1. The molecular weight excluding hydrogens is 200 g/mol. The van der Waals surface area contributed by atoms with E-state index in [9.17, 15) is 0 Å². The van der Waals surface area contributed by atoms with Gasteiger partial charge in [0.1, 0.15) is 5.82 Å². The third-order valence-electron chi connectivity index (χ3n) is 2.55. The Morgan fingerprint density at radius 1 is 1.64 bits per heavy atom. The molecule has 0 aliphatic heterocycles. The van der Waals surface area contributed by atoms with Crippen molar-refractivity contribution in [1.82, 2.24) is 4.98 Å². The van der Waals surface area contributed by atoms with Crippen molar-refractivity contribution < 1.29 is 5.11 Å². The molecule has 0 bridgehead atoms. The topological polar surface area (TPSA) is 36.4 Å². The number of nitrogens with zero attached hydrogens (tertiary/aromatic N) is 2. The number of anilines is 1. The Kier molecular flexibility index (Phi) is 2.61. The normalized spacial score (nSPS) is 15.6. The minimum Gasteiger partial charge on any atom is -0.392 e. The lowest BCUT2D eigenvalue weighted by atomic mass is 10.2. The van der Waals surface area contributed by atoms with Crippen molar-refractivity contribution in [2.24, 2.45) is 0 Å². The number of aliphatic hydroxyl groups excluding tert-OH is 1. The lowest BCUT2D eigenvalue weighted by molar-refractivity contribution is 0.282. The Bertz CT molecular complexity index is 339. The summed E-state index contributed by atoms with van der Waals surface area (Å²) in [6.07, 6.45) is 4.06. The van der Waals surface area contributed by atoms with Crippen LogP contribution in [-0.2, 0) is 6.61 Å². The Morgan fingerprint density at radius 2 is 2.36 bits per heavy atom. The van der Waals surface area contributed by atoms with E-state index in [1.807, 2.05) is 13.1 Å². The van der Waals surface area contributed by atoms with Crippen LogP contribution < -0.4 is 4.90 Å². The molecule has 0 amide bonds. The van der Waals surface area contributed by atoms with Crippen LogP contribution in [0.25, 0.3) is 0 Å². The van der Waals surface area contributed by atoms with Gasteiger partial charge in [-0.25, -0.2) is 4.98 Å². The second-order valence-corrected chi connectivity index (χ2v) is 4.04. The van der Waals surface area contributed by atoms with Crippen LogP contribution in [0, 0.1) is 0 Å². The van der Waals surface area contributed by atoms with Crippen molar-refractivity contribution in [3.8, 4) is 0 Å². The van der Waals surface area contributed by atoms with E-state index in [4.69, 9.17) is 16.7 Å². The molecule has 1 aromatic rings. The van der Waals surface area contributed by atoms with Gasteiger partial charge in [-0.15, -0.1) is 0 Å². The van der Waals surface area contributed by atoms with E-state index in [0.29, 0.717) is 11.1 Å². The molecule has 1 saturated carbocycles. The standard InChI is InChI=1S/C10H13ClN2O/c1-13(8-2-3-8)10-4-7(6-14)9(11)5-12-10/h4-5,8,14H,2-3,6H2,1H3. The summed E-state index contributed by atoms with van der Waals surface area (Å²) < 4.78 is 0. The number of halogens is 1. The van der Waals surface area contributed by atoms with Crippen LogP contribution in [-0.4, -0.2) is 23.2 Å². The lowest BCUT2D eigenvalue weighted by Gasteiger charge is -2.17. The Labute approximate surface area is 88.3 Å². The van der Waals surface area contributed by atoms with Gasteiger partial charge in [0, 0.05) is 24.8 Å². The Hall–Kier alpha value is -0.800. The molecule has 0 saturated heterocycles. The molecule has 3 nitrogen and oxygen atoms in total. The van der Waals surface area contributed by atoms with Crippen LogP contribution in [0.15, 0.2) is 12.3 Å². The van der Waals surface area contributed by atoms with Crippen LogP contribution in [0.3, 0.4) is 0 Å². The Morgan fingerprint density at radius 3 is 2.93 bits per heavy atom. The second kappa shape index (κ2) is 3.75. The highest BCUT2D eigenvalue weighted by molar-refractivity contribution is 6.31. The minimum absolute atomic E-state index is 0.0349. The van der Waals surface area contributed by atoms with Crippen LogP contribution in [0.2, 0.25) is 5.02 Å². The van der Waals surface area contributed by atoms with Gasteiger partial charge in [0.25, 0.3) is 0 Å². The maximum absolute atomic E-state index is 9.05. The van der Waals surface area contributed by atoms with E-state index in [1.165, 1.54) is 12.8 Å². The summed E-state index contributed by atoms with van der Waals surface area (Å²) in [6, 6.07) is 2.47. The molecule has 4 heteroatoms. The molecule has 1 fully saturated rings. The third-order valence-corrected chi connectivity index (χ3v) is 2.89. The molecule has 0 unspecified atom stereocenters. The summed E-state index contributed by atoms with van der Waals surface area (Å²) in [6.45, 7) is -0.0349. The zero-order chi connectivity index (χ0) is 10.1. The second-order valence-electron chi connectivity index (χ2n) is 3.63. The van der Waals surface area contributed by atoms with E-state index in [0.717, 1.165) is 11.4 Å². The summed E-state index contributed by atoms with van der Waals surface area (Å²) in [4.78, 5) is 6.37. The fraction of sp³-hybridized carbons (Fsp3) is 0.500. The van der Waals surface area contributed by atoms with Crippen LogP contribution in [0.5, 0.6) is 0 Å². The number of pyridine rings is 1. The van der Waals surface area contributed by atoms with Gasteiger partial charge < -0.3 is 10.0 Å². The van der Waals surface area contributed by atoms with Gasteiger partial charge >= 0.3 is 0 Å². The molecule has 0 aromatic carbocycles. The molecule has 1 aromatic heterocycles. The molecule has 0 radical (unpaired) electrons. The summed E-state index contributed by atoms with van der Waals surface area (Å²) in [5, 5.41) is 9.58. The average Bonchev–Trinajstić information content (AvgIpc) is 3.01. The first-order valence-electron chi connectivity index (χ1n) is 4.70. The number of rotatable bonds is 3. The van der Waals surface area contributed by atoms with Crippen molar-refractivity contribution >= 4 is 17.4 Å². The van der Waals surface area contributed by atoms with E-state index in [2.05, 4.69) is 9.88 Å². The number of hydrogen-bond donors (Lipinski definition) is 1. The first-order valence-corrected chi connectivity index (χ1v) is 5.08. The summed E-state index contributed by atoms with van der Waals surface area (Å²) in [5.41, 5.74) is 0.740. The molecule has 1 N–H and O–H groups in total. The molecule has 1 aliphatic carbocycles. The number of aromatic nitrogens is 1.